The Morgan fingerprint density at radius 1 is 0.806 bits per heavy atom. The highest BCUT2D eigenvalue weighted by molar-refractivity contribution is 9.10. The van der Waals surface area contributed by atoms with Crippen LogP contribution in [0.2, 0.25) is 0 Å². The van der Waals surface area contributed by atoms with Crippen molar-refractivity contribution in [3.8, 4) is 0 Å². The summed E-state index contributed by atoms with van der Waals surface area (Å²) >= 11 is 3.38. The van der Waals surface area contributed by atoms with E-state index in [-0.39, 0.29) is 23.4 Å². The first-order chi connectivity index (χ1) is 15.1. The van der Waals surface area contributed by atoms with Crippen LogP contribution in [-0.4, -0.2) is 14.9 Å². The average molecular weight is 476 g/mol. The highest BCUT2D eigenvalue weighted by Gasteiger charge is 2.26. The number of nitro groups is 1. The van der Waals surface area contributed by atoms with Gasteiger partial charge < -0.3 is 10.6 Å². The fraction of sp³-hybridized carbons (Fsp3) is 0.0435. The van der Waals surface area contributed by atoms with Gasteiger partial charge in [0.1, 0.15) is 6.33 Å². The molecule has 0 spiro atoms. The predicted octanol–water partition coefficient (Wildman–Crippen LogP) is 6.09. The minimum absolute atomic E-state index is 0.115. The molecule has 0 aliphatic rings. The van der Waals surface area contributed by atoms with Gasteiger partial charge in [0.15, 0.2) is 0 Å². The average Bonchev–Trinajstić information content (AvgIpc) is 2.80. The van der Waals surface area contributed by atoms with Crippen molar-refractivity contribution in [2.75, 3.05) is 10.6 Å². The normalized spacial score (nSPS) is 10.6. The van der Waals surface area contributed by atoms with Gasteiger partial charge in [-0.2, -0.15) is 0 Å². The summed E-state index contributed by atoms with van der Waals surface area (Å²) in [5.74, 6) is 0.252. The molecular formula is C23H18BrN5O2. The summed E-state index contributed by atoms with van der Waals surface area (Å²) < 4.78 is 0.908. The topological polar surface area (TPSA) is 93.0 Å². The molecule has 1 aromatic heterocycles. The van der Waals surface area contributed by atoms with Crippen LogP contribution in [-0.2, 0) is 0 Å². The minimum Gasteiger partial charge on any atom is -0.353 e. The molecule has 0 radical (unpaired) electrons. The van der Waals surface area contributed by atoms with Gasteiger partial charge in [-0.25, -0.2) is 9.97 Å². The number of aromatic nitrogens is 2. The van der Waals surface area contributed by atoms with E-state index in [0.717, 1.165) is 15.6 Å². The van der Waals surface area contributed by atoms with E-state index in [2.05, 4.69) is 36.5 Å². The van der Waals surface area contributed by atoms with Crippen molar-refractivity contribution in [2.24, 2.45) is 0 Å². The molecule has 0 aliphatic carbocycles. The third-order valence-electron chi connectivity index (χ3n) is 4.66. The van der Waals surface area contributed by atoms with Gasteiger partial charge in [0.25, 0.3) is 0 Å². The molecule has 1 heterocycles. The number of nitrogens with one attached hydrogen (secondary N) is 2. The molecule has 2 N–H and O–H groups in total. The molecule has 7 nitrogen and oxygen atoms in total. The lowest BCUT2D eigenvalue weighted by molar-refractivity contribution is -0.383. The summed E-state index contributed by atoms with van der Waals surface area (Å²) in [5.41, 5.74) is 2.38. The third-order valence-corrected chi connectivity index (χ3v) is 5.19. The summed E-state index contributed by atoms with van der Waals surface area (Å²) in [6.07, 6.45) is 1.31. The molecule has 154 valence electrons. The van der Waals surface area contributed by atoms with Crippen LogP contribution < -0.4 is 10.6 Å². The molecule has 0 atom stereocenters. The molecule has 31 heavy (non-hydrogen) atoms. The summed E-state index contributed by atoms with van der Waals surface area (Å²) in [7, 11) is 0. The monoisotopic (exact) mass is 475 g/mol. The fourth-order valence-corrected chi connectivity index (χ4v) is 3.47. The van der Waals surface area contributed by atoms with Crippen molar-refractivity contribution in [3.63, 3.8) is 0 Å². The first kappa shape index (κ1) is 20.5. The van der Waals surface area contributed by atoms with E-state index in [4.69, 9.17) is 0 Å². The van der Waals surface area contributed by atoms with Crippen molar-refractivity contribution in [3.05, 3.63) is 117 Å². The number of rotatable bonds is 7. The molecule has 0 aliphatic heterocycles. The third kappa shape index (κ3) is 4.87. The van der Waals surface area contributed by atoms with Gasteiger partial charge in [-0.15, -0.1) is 0 Å². The number of benzene rings is 3. The molecule has 4 rings (SSSR count). The van der Waals surface area contributed by atoms with Gasteiger partial charge in [0.2, 0.25) is 11.6 Å². The molecule has 0 unspecified atom stereocenters. The zero-order valence-corrected chi connectivity index (χ0v) is 17.9. The van der Waals surface area contributed by atoms with Gasteiger partial charge in [-0.3, -0.25) is 10.1 Å². The maximum atomic E-state index is 12.0. The van der Waals surface area contributed by atoms with E-state index in [0.29, 0.717) is 5.69 Å². The Balaban J connectivity index is 1.74. The highest BCUT2D eigenvalue weighted by atomic mass is 79.9. The van der Waals surface area contributed by atoms with Crippen LogP contribution in [0.15, 0.2) is 95.7 Å². The van der Waals surface area contributed by atoms with Gasteiger partial charge in [0.05, 0.1) is 11.0 Å². The Bertz CT molecular complexity index is 1130. The zero-order valence-electron chi connectivity index (χ0n) is 16.3. The van der Waals surface area contributed by atoms with Crippen molar-refractivity contribution in [1.82, 2.24) is 9.97 Å². The van der Waals surface area contributed by atoms with Gasteiger partial charge >= 0.3 is 5.69 Å². The molecule has 0 fully saturated rings. The van der Waals surface area contributed by atoms with Crippen LogP contribution in [0.25, 0.3) is 0 Å². The second-order valence-corrected chi connectivity index (χ2v) is 7.62. The summed E-state index contributed by atoms with van der Waals surface area (Å²) in [5, 5.41) is 18.3. The molecule has 4 aromatic rings. The largest absolute Gasteiger partial charge is 0.353 e. The molecule has 0 amide bonds. The first-order valence-electron chi connectivity index (χ1n) is 9.50. The number of anilines is 3. The summed E-state index contributed by atoms with van der Waals surface area (Å²) in [6.45, 7) is 0. The predicted molar refractivity (Wildman–Crippen MR) is 124 cm³/mol. The van der Waals surface area contributed by atoms with E-state index in [1.807, 2.05) is 72.8 Å². The van der Waals surface area contributed by atoms with E-state index >= 15 is 0 Å². The Morgan fingerprint density at radius 2 is 1.35 bits per heavy atom. The number of nitrogens with zero attached hydrogens (tertiary/aromatic N) is 3. The number of hydrogen-bond acceptors (Lipinski definition) is 6. The van der Waals surface area contributed by atoms with Crippen molar-refractivity contribution in [1.29, 1.82) is 0 Å². The van der Waals surface area contributed by atoms with Gasteiger partial charge in [-0.1, -0.05) is 76.6 Å². The van der Waals surface area contributed by atoms with E-state index in [1.54, 1.807) is 12.1 Å². The first-order valence-corrected chi connectivity index (χ1v) is 10.3. The van der Waals surface area contributed by atoms with E-state index in [9.17, 15) is 10.1 Å². The Kier molecular flexibility index (Phi) is 6.18. The second-order valence-electron chi connectivity index (χ2n) is 6.71. The van der Waals surface area contributed by atoms with Crippen LogP contribution in [0.4, 0.5) is 23.0 Å². The van der Waals surface area contributed by atoms with Gasteiger partial charge in [0, 0.05) is 10.2 Å². The van der Waals surface area contributed by atoms with Crippen LogP contribution >= 0.6 is 15.9 Å². The molecular weight excluding hydrogens is 458 g/mol. The smallest absolute Gasteiger partial charge is 0.353 e. The Labute approximate surface area is 187 Å². The fourth-order valence-electron chi connectivity index (χ4n) is 3.21. The summed E-state index contributed by atoms with van der Waals surface area (Å²) in [6, 6.07) is 26.4. The lowest BCUT2D eigenvalue weighted by Gasteiger charge is -2.20. The van der Waals surface area contributed by atoms with Gasteiger partial charge in [-0.05, 0) is 35.4 Å². The molecule has 3 aromatic carbocycles. The Morgan fingerprint density at radius 3 is 1.90 bits per heavy atom. The Hall–Kier alpha value is -3.78. The van der Waals surface area contributed by atoms with Crippen molar-refractivity contribution < 1.29 is 4.92 Å². The maximum absolute atomic E-state index is 12.0. The molecule has 0 saturated carbocycles. The standard InChI is InChI=1S/C23H18BrN5O2/c24-18-11-13-19(14-12-18)27-22-21(29(30)31)23(26-15-25-22)28-20(16-7-3-1-4-8-16)17-9-5-2-6-10-17/h1-15,20H,(H2,25,26,27,28). The zero-order chi connectivity index (χ0) is 21.6. The number of hydrogen-bond donors (Lipinski definition) is 2. The number of halogens is 1. The van der Waals surface area contributed by atoms with Crippen molar-refractivity contribution in [2.45, 2.75) is 6.04 Å². The van der Waals surface area contributed by atoms with Crippen LogP contribution in [0.3, 0.4) is 0 Å². The van der Waals surface area contributed by atoms with Crippen LogP contribution in [0.1, 0.15) is 17.2 Å². The lowest BCUT2D eigenvalue weighted by atomic mass is 9.99. The summed E-state index contributed by atoms with van der Waals surface area (Å²) in [4.78, 5) is 19.8. The molecule has 0 bridgehead atoms. The van der Waals surface area contributed by atoms with E-state index in [1.165, 1.54) is 6.33 Å². The molecule has 8 heteroatoms. The van der Waals surface area contributed by atoms with E-state index < -0.39 is 4.92 Å². The maximum Gasteiger partial charge on any atom is 0.353 e. The molecule has 0 saturated heterocycles. The van der Waals surface area contributed by atoms with Crippen LogP contribution in [0.5, 0.6) is 0 Å². The minimum atomic E-state index is -0.476. The lowest BCUT2D eigenvalue weighted by Crippen LogP contribution is -2.15. The van der Waals surface area contributed by atoms with Crippen LogP contribution in [0, 0.1) is 10.1 Å². The highest BCUT2D eigenvalue weighted by Crippen LogP contribution is 2.35. The van der Waals surface area contributed by atoms with Crippen molar-refractivity contribution >= 4 is 38.9 Å². The second kappa shape index (κ2) is 9.36. The SMILES string of the molecule is O=[N+]([O-])c1c(Nc2ccc(Br)cc2)ncnc1NC(c1ccccc1)c1ccccc1. The quantitative estimate of drug-likeness (QED) is 0.248.